The van der Waals surface area contributed by atoms with Crippen molar-refractivity contribution >= 4 is 16.3 Å². The lowest BCUT2D eigenvalue weighted by molar-refractivity contribution is -0.298. The van der Waals surface area contributed by atoms with Gasteiger partial charge in [0.1, 0.15) is 24.4 Å². The second-order valence-corrected chi connectivity index (χ2v) is 20.2. The van der Waals surface area contributed by atoms with Gasteiger partial charge in [-0.05, 0) is 12.8 Å². The lowest BCUT2D eigenvalue weighted by Crippen LogP contribution is -2.61. The van der Waals surface area contributed by atoms with Crippen molar-refractivity contribution in [3.8, 4) is 0 Å². The molecule has 7 unspecified atom stereocenters. The zero-order valence-corrected chi connectivity index (χ0v) is 41.9. The van der Waals surface area contributed by atoms with E-state index in [9.17, 15) is 38.2 Å². The van der Waals surface area contributed by atoms with Gasteiger partial charge in [-0.15, -0.1) is 0 Å². The Balaban J connectivity index is 2.39. The first-order valence-electron chi connectivity index (χ1n) is 26.9. The van der Waals surface area contributed by atoms with E-state index >= 15 is 0 Å². The summed E-state index contributed by atoms with van der Waals surface area (Å²) in [6.07, 6.45) is 38.1. The van der Waals surface area contributed by atoms with Gasteiger partial charge in [0, 0.05) is 6.42 Å². The van der Waals surface area contributed by atoms with E-state index in [1.165, 1.54) is 186 Å². The van der Waals surface area contributed by atoms with Gasteiger partial charge in [-0.25, -0.2) is 4.18 Å². The molecule has 0 spiro atoms. The predicted molar refractivity (Wildman–Crippen MR) is 259 cm³/mol. The molecule has 382 valence electrons. The van der Waals surface area contributed by atoms with Crippen LogP contribution in [0, 0.1) is 0 Å². The van der Waals surface area contributed by atoms with Crippen LogP contribution in [0.1, 0.15) is 264 Å². The minimum Gasteiger partial charge on any atom is -0.394 e. The van der Waals surface area contributed by atoms with Crippen LogP contribution in [0.3, 0.4) is 0 Å². The van der Waals surface area contributed by atoms with Crippen LogP contribution >= 0.6 is 0 Å². The van der Waals surface area contributed by atoms with Crippen LogP contribution in [0.4, 0.5) is 0 Å². The van der Waals surface area contributed by atoms with E-state index in [0.29, 0.717) is 12.8 Å². The molecule has 0 bridgehead atoms. The lowest BCUT2D eigenvalue weighted by Gasteiger charge is -2.41. The Morgan fingerprint density at radius 1 is 0.562 bits per heavy atom. The smallest absolute Gasteiger partial charge is 0.394 e. The van der Waals surface area contributed by atoms with E-state index in [4.69, 9.17) is 9.47 Å². The van der Waals surface area contributed by atoms with Gasteiger partial charge < -0.3 is 35.2 Å². The van der Waals surface area contributed by atoms with Gasteiger partial charge in [-0.2, -0.15) is 8.42 Å². The third kappa shape index (κ3) is 34.4. The predicted octanol–water partition coefficient (Wildman–Crippen LogP) is 11.7. The highest BCUT2D eigenvalue weighted by atomic mass is 32.3. The minimum absolute atomic E-state index is 0.223. The molecule has 1 saturated heterocycles. The summed E-state index contributed by atoms with van der Waals surface area (Å²) < 4.78 is 47.8. The van der Waals surface area contributed by atoms with Gasteiger partial charge in [0.05, 0.1) is 25.4 Å². The van der Waals surface area contributed by atoms with Crippen molar-refractivity contribution in [2.75, 3.05) is 13.2 Å². The standard InChI is InChI=1S/C51H101NO11S/c1-3-5-7-9-11-13-15-17-19-21-23-25-27-29-31-33-35-37-39-41-47(55)52-44(43-61-51-49(57)50(63-64(58,59)60)48(56)46(42-53)62-51)45(54)40-38-36-34-32-30-28-26-24-22-20-18-16-14-12-10-8-6-4-2/h44-46,48-51,53-54,56-57H,3-43H2,1-2H3,(H,52,55)(H,58,59,60). The van der Waals surface area contributed by atoms with Gasteiger partial charge in [-0.3, -0.25) is 9.35 Å². The molecule has 0 radical (unpaired) electrons. The molecule has 1 aliphatic heterocycles. The van der Waals surface area contributed by atoms with Crippen LogP contribution in [0.5, 0.6) is 0 Å². The lowest BCUT2D eigenvalue weighted by atomic mass is 9.99. The SMILES string of the molecule is CCCCCCCCCCCCCCCCCCCCCC(=O)NC(COC1OC(CO)C(O)C(OS(=O)(=O)O)C1O)C(O)CCCCCCCCCCCCCCCCCCCC. The van der Waals surface area contributed by atoms with Gasteiger partial charge in [0.2, 0.25) is 5.91 Å². The second-order valence-electron chi connectivity index (χ2n) is 19.2. The molecule has 7 atom stereocenters. The molecule has 1 amide bonds. The Morgan fingerprint density at radius 3 is 1.25 bits per heavy atom. The average molecular weight is 936 g/mol. The number of unbranched alkanes of at least 4 members (excludes halogenated alkanes) is 35. The highest BCUT2D eigenvalue weighted by Crippen LogP contribution is 2.26. The molecule has 0 aromatic heterocycles. The van der Waals surface area contributed by atoms with E-state index < -0.39 is 59.9 Å². The van der Waals surface area contributed by atoms with Crippen molar-refractivity contribution in [3.63, 3.8) is 0 Å². The first kappa shape index (κ1) is 61.1. The van der Waals surface area contributed by atoms with Crippen molar-refractivity contribution in [1.82, 2.24) is 5.32 Å². The first-order chi connectivity index (χ1) is 31.0. The van der Waals surface area contributed by atoms with Crippen LogP contribution in [0.2, 0.25) is 0 Å². The Hall–Kier alpha value is -0.900. The average Bonchev–Trinajstić information content (AvgIpc) is 3.27. The molecular formula is C51H101NO11S. The summed E-state index contributed by atoms with van der Waals surface area (Å²) in [5, 5.41) is 45.0. The monoisotopic (exact) mass is 936 g/mol. The summed E-state index contributed by atoms with van der Waals surface area (Å²) >= 11 is 0. The number of aliphatic hydroxyl groups is 4. The largest absolute Gasteiger partial charge is 0.397 e. The zero-order chi connectivity index (χ0) is 46.9. The maximum Gasteiger partial charge on any atom is 0.397 e. The van der Waals surface area contributed by atoms with Crippen molar-refractivity contribution in [1.29, 1.82) is 0 Å². The van der Waals surface area contributed by atoms with Gasteiger partial charge in [0.15, 0.2) is 6.29 Å². The number of hydrogen-bond donors (Lipinski definition) is 6. The van der Waals surface area contributed by atoms with Crippen molar-refractivity contribution in [2.24, 2.45) is 0 Å². The number of nitrogens with one attached hydrogen (secondary N) is 1. The summed E-state index contributed by atoms with van der Waals surface area (Å²) in [6.45, 7) is 3.49. The fourth-order valence-electron chi connectivity index (χ4n) is 8.99. The summed E-state index contributed by atoms with van der Waals surface area (Å²) in [4.78, 5) is 13.1. The fourth-order valence-corrected chi connectivity index (χ4v) is 9.50. The molecule has 0 saturated carbocycles. The summed E-state index contributed by atoms with van der Waals surface area (Å²) in [5.74, 6) is -0.223. The maximum atomic E-state index is 13.1. The highest BCUT2D eigenvalue weighted by molar-refractivity contribution is 7.80. The third-order valence-corrected chi connectivity index (χ3v) is 13.6. The molecule has 0 aromatic rings. The number of carbonyl (C=O) groups is 1. The number of amides is 1. The number of rotatable bonds is 47. The highest BCUT2D eigenvalue weighted by Gasteiger charge is 2.48. The molecule has 0 aliphatic carbocycles. The Morgan fingerprint density at radius 2 is 0.906 bits per heavy atom. The van der Waals surface area contributed by atoms with Gasteiger partial charge >= 0.3 is 10.4 Å². The number of ether oxygens (including phenoxy) is 2. The van der Waals surface area contributed by atoms with Gasteiger partial charge in [0.25, 0.3) is 0 Å². The fraction of sp³-hybridized carbons (Fsp3) is 0.980. The van der Waals surface area contributed by atoms with Crippen LogP contribution in [-0.4, -0.2) is 95.4 Å². The molecule has 0 aromatic carbocycles. The number of hydrogen-bond acceptors (Lipinski definition) is 10. The summed E-state index contributed by atoms with van der Waals surface area (Å²) in [6, 6.07) is -0.852. The van der Waals surface area contributed by atoms with Crippen molar-refractivity contribution in [3.05, 3.63) is 0 Å². The Labute approximate surface area is 392 Å². The molecule has 1 heterocycles. The molecule has 64 heavy (non-hydrogen) atoms. The minimum atomic E-state index is -5.07. The van der Waals surface area contributed by atoms with Crippen LogP contribution in [0.25, 0.3) is 0 Å². The number of carbonyl (C=O) groups excluding carboxylic acids is 1. The second kappa shape index (κ2) is 42.2. The molecule has 12 nitrogen and oxygen atoms in total. The number of aliphatic hydroxyl groups excluding tert-OH is 4. The topological polar surface area (TPSA) is 192 Å². The van der Waals surface area contributed by atoms with E-state index in [2.05, 4.69) is 23.3 Å². The van der Waals surface area contributed by atoms with Gasteiger partial charge in [-0.1, -0.05) is 245 Å². The zero-order valence-electron chi connectivity index (χ0n) is 41.1. The molecule has 1 fully saturated rings. The quantitative estimate of drug-likeness (QED) is 0.0251. The maximum absolute atomic E-state index is 13.1. The van der Waals surface area contributed by atoms with Crippen molar-refractivity contribution in [2.45, 2.75) is 307 Å². The van der Waals surface area contributed by atoms with Crippen LogP contribution in [-0.2, 0) is 28.9 Å². The molecular weight excluding hydrogens is 835 g/mol. The van der Waals surface area contributed by atoms with E-state index in [-0.39, 0.29) is 12.5 Å². The Bertz CT molecular complexity index is 1150. The normalized spacial score (nSPS) is 20.1. The molecule has 1 aliphatic rings. The summed E-state index contributed by atoms with van der Waals surface area (Å²) in [5.41, 5.74) is 0. The van der Waals surface area contributed by atoms with E-state index in [0.717, 1.165) is 51.4 Å². The van der Waals surface area contributed by atoms with E-state index in [1.54, 1.807) is 0 Å². The van der Waals surface area contributed by atoms with Crippen molar-refractivity contribution < 1.29 is 51.8 Å². The Kier molecular flexibility index (Phi) is 40.3. The van der Waals surface area contributed by atoms with E-state index in [1.807, 2.05) is 0 Å². The van der Waals surface area contributed by atoms with Crippen LogP contribution in [0.15, 0.2) is 0 Å². The molecule has 6 N–H and O–H groups in total. The third-order valence-electron chi connectivity index (χ3n) is 13.2. The van der Waals surface area contributed by atoms with Crippen LogP contribution < -0.4 is 5.32 Å². The molecule has 13 heteroatoms. The first-order valence-corrected chi connectivity index (χ1v) is 28.3. The summed E-state index contributed by atoms with van der Waals surface area (Å²) in [7, 11) is -5.07. The molecule has 1 rings (SSSR count).